The number of Topliss-reactive ketones (excluding diaryl/α,β-unsaturated/α-hetero) is 1. The molecule has 1 aliphatic heterocycles. The number of carbonyl (C=O) groups excluding carboxylic acids is 2. The van der Waals surface area contributed by atoms with Crippen molar-refractivity contribution in [3.05, 3.63) is 88.5 Å². The molecule has 0 aromatic heterocycles. The van der Waals surface area contributed by atoms with Crippen LogP contribution in [0.4, 0.5) is 11.4 Å². The molecule has 1 fully saturated rings. The van der Waals surface area contributed by atoms with E-state index in [1.54, 1.807) is 24.3 Å². The fourth-order valence-corrected chi connectivity index (χ4v) is 4.39. The molecule has 180 valence electrons. The Morgan fingerprint density at radius 1 is 0.943 bits per heavy atom. The number of carbonyl (C=O) groups is 2. The molecule has 4 rings (SSSR count). The summed E-state index contributed by atoms with van der Waals surface area (Å²) in [6.45, 7) is 0. The maximum absolute atomic E-state index is 13.4. The summed E-state index contributed by atoms with van der Waals surface area (Å²) < 4.78 is 10.7. The quantitative estimate of drug-likeness (QED) is 0.295. The van der Waals surface area contributed by atoms with Crippen molar-refractivity contribution in [1.82, 2.24) is 0 Å². The van der Waals surface area contributed by atoms with Crippen molar-refractivity contribution < 1.29 is 24.2 Å². The van der Waals surface area contributed by atoms with Gasteiger partial charge in [-0.05, 0) is 35.9 Å². The highest BCUT2D eigenvalue weighted by molar-refractivity contribution is 6.51. The van der Waals surface area contributed by atoms with Gasteiger partial charge < -0.3 is 19.5 Å². The Hall–Kier alpha value is -3.97. The number of ether oxygens (including phenoxy) is 2. The zero-order chi connectivity index (χ0) is 25.3. The summed E-state index contributed by atoms with van der Waals surface area (Å²) in [6.07, 6.45) is 0. The van der Waals surface area contributed by atoms with Crippen LogP contribution in [0.25, 0.3) is 5.76 Å². The molecule has 0 spiro atoms. The first-order valence-electron chi connectivity index (χ1n) is 10.8. The van der Waals surface area contributed by atoms with Crippen molar-refractivity contribution in [3.63, 3.8) is 0 Å². The number of amides is 1. The molecule has 1 N–H and O–H groups in total. The van der Waals surface area contributed by atoms with E-state index in [4.69, 9.17) is 21.1 Å². The summed E-state index contributed by atoms with van der Waals surface area (Å²) in [5.74, 6) is -1.33. The molecule has 1 heterocycles. The second-order valence-electron chi connectivity index (χ2n) is 8.18. The Balaban J connectivity index is 1.97. The van der Waals surface area contributed by atoms with Crippen LogP contribution < -0.4 is 19.3 Å². The Kier molecular flexibility index (Phi) is 6.71. The van der Waals surface area contributed by atoms with Crippen LogP contribution in [0.15, 0.2) is 72.3 Å². The number of ketones is 1. The largest absolute Gasteiger partial charge is 0.507 e. The first kappa shape index (κ1) is 24.2. The normalized spacial score (nSPS) is 16.9. The van der Waals surface area contributed by atoms with Gasteiger partial charge in [0.05, 0.1) is 36.4 Å². The number of aliphatic hydroxyl groups excluding tert-OH is 1. The molecule has 0 radical (unpaired) electrons. The Labute approximate surface area is 208 Å². The second-order valence-corrected chi connectivity index (χ2v) is 8.58. The summed E-state index contributed by atoms with van der Waals surface area (Å²) >= 11 is 6.32. The zero-order valence-electron chi connectivity index (χ0n) is 19.8. The topological polar surface area (TPSA) is 79.3 Å². The molecule has 3 aromatic rings. The number of benzene rings is 3. The molecule has 1 atom stereocenters. The van der Waals surface area contributed by atoms with Gasteiger partial charge in [-0.15, -0.1) is 0 Å². The van der Waals surface area contributed by atoms with Crippen LogP contribution in [0.5, 0.6) is 11.5 Å². The number of hydrogen-bond donors (Lipinski definition) is 1. The fourth-order valence-electron chi connectivity index (χ4n) is 4.15. The smallest absolute Gasteiger partial charge is 0.300 e. The molecule has 0 aliphatic carbocycles. The average Bonchev–Trinajstić information content (AvgIpc) is 3.14. The maximum atomic E-state index is 13.4. The van der Waals surface area contributed by atoms with Crippen LogP contribution in [0.2, 0.25) is 5.02 Å². The van der Waals surface area contributed by atoms with E-state index in [9.17, 15) is 14.7 Å². The van der Waals surface area contributed by atoms with E-state index in [1.165, 1.54) is 31.3 Å². The van der Waals surface area contributed by atoms with Gasteiger partial charge >= 0.3 is 0 Å². The van der Waals surface area contributed by atoms with Crippen molar-refractivity contribution >= 4 is 40.4 Å². The number of hydrogen-bond acceptors (Lipinski definition) is 6. The second kappa shape index (κ2) is 9.72. The first-order valence-corrected chi connectivity index (χ1v) is 11.2. The highest BCUT2D eigenvalue weighted by atomic mass is 35.5. The molecule has 0 saturated carbocycles. The van der Waals surface area contributed by atoms with Gasteiger partial charge in [0.25, 0.3) is 11.7 Å². The van der Waals surface area contributed by atoms with E-state index >= 15 is 0 Å². The van der Waals surface area contributed by atoms with Gasteiger partial charge in [-0.1, -0.05) is 41.9 Å². The standard InChI is InChI=1S/C27H25ClN2O5/c1-29(2)17-12-10-16(11-13-17)24-23(26(32)27(33)30(24)18-8-6-5-7-9-18)25(31)19-14-20(28)22(35-4)15-21(19)34-3/h5-15,24,31H,1-4H3/b25-23+. The molecular formula is C27H25ClN2O5. The third-order valence-corrected chi connectivity index (χ3v) is 6.23. The van der Waals surface area contributed by atoms with Gasteiger partial charge in [-0.3, -0.25) is 14.5 Å². The zero-order valence-corrected chi connectivity index (χ0v) is 20.5. The number of para-hydroxylation sites is 1. The van der Waals surface area contributed by atoms with Gasteiger partial charge in [0.2, 0.25) is 0 Å². The minimum absolute atomic E-state index is 0.0593. The predicted molar refractivity (Wildman–Crippen MR) is 137 cm³/mol. The monoisotopic (exact) mass is 492 g/mol. The van der Waals surface area contributed by atoms with Crippen LogP contribution in [-0.2, 0) is 9.59 Å². The van der Waals surface area contributed by atoms with E-state index < -0.39 is 17.7 Å². The summed E-state index contributed by atoms with van der Waals surface area (Å²) in [6, 6.07) is 18.5. The Bertz CT molecular complexity index is 1300. The van der Waals surface area contributed by atoms with Crippen LogP contribution in [0.1, 0.15) is 17.2 Å². The third-order valence-electron chi connectivity index (χ3n) is 5.93. The van der Waals surface area contributed by atoms with E-state index in [0.29, 0.717) is 17.0 Å². The minimum atomic E-state index is -0.862. The first-order chi connectivity index (χ1) is 16.8. The summed E-state index contributed by atoms with van der Waals surface area (Å²) in [7, 11) is 6.73. The van der Waals surface area contributed by atoms with Gasteiger partial charge in [-0.25, -0.2) is 0 Å². The van der Waals surface area contributed by atoms with Gasteiger partial charge in [0.1, 0.15) is 17.3 Å². The van der Waals surface area contributed by atoms with Gasteiger partial charge in [0.15, 0.2) is 0 Å². The lowest BCUT2D eigenvalue weighted by Crippen LogP contribution is -2.29. The van der Waals surface area contributed by atoms with Crippen molar-refractivity contribution in [1.29, 1.82) is 0 Å². The highest BCUT2D eigenvalue weighted by Gasteiger charge is 2.47. The lowest BCUT2D eigenvalue weighted by molar-refractivity contribution is -0.132. The minimum Gasteiger partial charge on any atom is -0.507 e. The van der Waals surface area contributed by atoms with E-state index in [1.807, 2.05) is 49.3 Å². The maximum Gasteiger partial charge on any atom is 0.300 e. The van der Waals surface area contributed by atoms with Crippen molar-refractivity contribution in [2.24, 2.45) is 0 Å². The molecule has 1 amide bonds. The molecular weight excluding hydrogens is 468 g/mol. The highest BCUT2D eigenvalue weighted by Crippen LogP contribution is 2.44. The fraction of sp³-hybridized carbons (Fsp3) is 0.185. The summed E-state index contributed by atoms with van der Waals surface area (Å²) in [5, 5.41) is 11.7. The molecule has 35 heavy (non-hydrogen) atoms. The predicted octanol–water partition coefficient (Wildman–Crippen LogP) is 5.05. The SMILES string of the molecule is COc1cc(OC)c(/C(O)=C2\C(=O)C(=O)N(c3ccccc3)C2c2ccc(N(C)C)cc2)cc1Cl. The Morgan fingerprint density at radius 2 is 1.57 bits per heavy atom. The van der Waals surface area contributed by atoms with Crippen molar-refractivity contribution in [3.8, 4) is 11.5 Å². The molecule has 7 nitrogen and oxygen atoms in total. The molecule has 0 bridgehead atoms. The number of rotatable bonds is 6. The molecule has 3 aromatic carbocycles. The number of anilines is 2. The van der Waals surface area contributed by atoms with E-state index in [2.05, 4.69) is 0 Å². The van der Waals surface area contributed by atoms with Crippen molar-refractivity contribution in [2.45, 2.75) is 6.04 Å². The summed E-state index contributed by atoms with van der Waals surface area (Å²) in [4.78, 5) is 30.0. The molecule has 1 aliphatic rings. The van der Waals surface area contributed by atoms with Crippen molar-refractivity contribution in [2.75, 3.05) is 38.1 Å². The van der Waals surface area contributed by atoms with E-state index in [-0.39, 0.29) is 27.7 Å². The number of aliphatic hydroxyl groups is 1. The third kappa shape index (κ3) is 4.31. The molecule has 1 saturated heterocycles. The summed E-state index contributed by atoms with van der Waals surface area (Å²) in [5.41, 5.74) is 2.28. The lowest BCUT2D eigenvalue weighted by atomic mass is 9.94. The van der Waals surface area contributed by atoms with Crippen LogP contribution in [0, 0.1) is 0 Å². The molecule has 1 unspecified atom stereocenters. The van der Waals surface area contributed by atoms with Crippen LogP contribution >= 0.6 is 11.6 Å². The van der Waals surface area contributed by atoms with Gasteiger partial charge in [-0.2, -0.15) is 0 Å². The van der Waals surface area contributed by atoms with Crippen LogP contribution in [-0.4, -0.2) is 45.1 Å². The average molecular weight is 493 g/mol. The van der Waals surface area contributed by atoms with Crippen LogP contribution in [0.3, 0.4) is 0 Å². The molecule has 8 heteroatoms. The number of methoxy groups -OCH3 is 2. The lowest BCUT2D eigenvalue weighted by Gasteiger charge is -2.26. The number of halogens is 1. The van der Waals surface area contributed by atoms with E-state index in [0.717, 1.165) is 5.69 Å². The Morgan fingerprint density at radius 3 is 2.14 bits per heavy atom. The number of nitrogens with zero attached hydrogens (tertiary/aromatic N) is 2. The van der Waals surface area contributed by atoms with Gasteiger partial charge in [0, 0.05) is 31.5 Å².